The molecule has 30 heavy (non-hydrogen) atoms. The topological polar surface area (TPSA) is 76.2 Å². The zero-order valence-corrected chi connectivity index (χ0v) is 15.5. The zero-order valence-electron chi connectivity index (χ0n) is 15.5. The second-order valence-electron chi connectivity index (χ2n) is 6.76. The van der Waals surface area contributed by atoms with Gasteiger partial charge in [0.1, 0.15) is 30.7 Å². The number of ether oxygens (including phenoxy) is 2. The van der Waals surface area contributed by atoms with E-state index >= 15 is 0 Å². The van der Waals surface area contributed by atoms with Gasteiger partial charge in [0, 0.05) is 29.4 Å². The lowest BCUT2D eigenvalue weighted by Gasteiger charge is -2.17. The fourth-order valence-electron chi connectivity index (χ4n) is 3.30. The molecule has 0 radical (unpaired) electrons. The molecule has 8 heteroatoms. The number of benzene rings is 3. The first-order valence-electron chi connectivity index (χ1n) is 9.23. The van der Waals surface area contributed by atoms with Gasteiger partial charge in [-0.15, -0.1) is 0 Å². The van der Waals surface area contributed by atoms with Gasteiger partial charge in [-0.25, -0.2) is 13.8 Å². The van der Waals surface area contributed by atoms with E-state index in [0.29, 0.717) is 42.3 Å². The van der Waals surface area contributed by atoms with E-state index in [0.717, 1.165) is 28.7 Å². The van der Waals surface area contributed by atoms with Crippen LogP contribution in [0.2, 0.25) is 0 Å². The minimum Gasteiger partial charge on any atom is -0.486 e. The number of anilines is 1. The molecule has 6 nitrogen and oxygen atoms in total. The maximum absolute atomic E-state index is 13.9. The van der Waals surface area contributed by atoms with Crippen LogP contribution < -0.4 is 14.8 Å². The second-order valence-corrected chi connectivity index (χ2v) is 6.76. The molecular weight excluding hydrogens is 392 g/mol. The molecule has 0 atom stereocenters. The van der Waals surface area contributed by atoms with E-state index in [-0.39, 0.29) is 5.56 Å². The van der Waals surface area contributed by atoms with Crippen LogP contribution in [0.25, 0.3) is 22.4 Å². The minimum atomic E-state index is -0.922. The lowest BCUT2D eigenvalue weighted by molar-refractivity contribution is 0.102. The van der Waals surface area contributed by atoms with Gasteiger partial charge in [-0.2, -0.15) is 0 Å². The highest BCUT2D eigenvalue weighted by atomic mass is 19.1. The summed E-state index contributed by atoms with van der Waals surface area (Å²) in [4.78, 5) is 20.2. The molecule has 0 saturated heterocycles. The molecule has 1 aliphatic rings. The number of carbonyl (C=O) groups excluding carboxylic acids is 1. The molecular formula is C22H15F2N3O3. The number of aromatic nitrogens is 2. The molecule has 2 N–H and O–H groups in total. The standard InChI is InChI=1S/C22H15F2N3O3/c23-13-4-5-15(16(24)9-13)22(28)25-14-3-1-2-12(8-14)21-26-17-10-19-20(11-18(17)27-21)30-7-6-29-19/h1-5,8-11H,6-7H2,(H,25,28)(H,26,27). The highest BCUT2D eigenvalue weighted by molar-refractivity contribution is 6.04. The Morgan fingerprint density at radius 3 is 2.60 bits per heavy atom. The third-order valence-corrected chi connectivity index (χ3v) is 4.72. The Balaban J connectivity index is 1.44. The van der Waals surface area contributed by atoms with Crippen molar-refractivity contribution in [3.05, 3.63) is 71.8 Å². The van der Waals surface area contributed by atoms with E-state index in [1.165, 1.54) is 0 Å². The summed E-state index contributed by atoms with van der Waals surface area (Å²) in [6.45, 7) is 0.988. The van der Waals surface area contributed by atoms with E-state index in [9.17, 15) is 13.6 Å². The Morgan fingerprint density at radius 1 is 1.00 bits per heavy atom. The molecule has 1 amide bonds. The number of H-pyrrole nitrogens is 1. The van der Waals surface area contributed by atoms with Crippen LogP contribution in [0.3, 0.4) is 0 Å². The molecule has 5 rings (SSSR count). The van der Waals surface area contributed by atoms with E-state index < -0.39 is 17.5 Å². The second kappa shape index (κ2) is 7.14. The van der Waals surface area contributed by atoms with Gasteiger partial charge in [0.2, 0.25) is 0 Å². The maximum atomic E-state index is 13.9. The molecule has 150 valence electrons. The van der Waals surface area contributed by atoms with E-state index in [2.05, 4.69) is 15.3 Å². The first-order valence-corrected chi connectivity index (χ1v) is 9.23. The molecule has 3 aromatic carbocycles. The van der Waals surface area contributed by atoms with Crippen molar-refractivity contribution < 1.29 is 23.0 Å². The number of nitrogens with zero attached hydrogens (tertiary/aromatic N) is 1. The smallest absolute Gasteiger partial charge is 0.258 e. The number of rotatable bonds is 3. The van der Waals surface area contributed by atoms with Crippen LogP contribution >= 0.6 is 0 Å². The van der Waals surface area contributed by atoms with Gasteiger partial charge in [-0.1, -0.05) is 12.1 Å². The number of amides is 1. The predicted molar refractivity (Wildman–Crippen MR) is 107 cm³/mol. The summed E-state index contributed by atoms with van der Waals surface area (Å²) in [5.74, 6) is -0.434. The summed E-state index contributed by atoms with van der Waals surface area (Å²) in [7, 11) is 0. The summed E-state index contributed by atoms with van der Waals surface area (Å²) in [5.41, 5.74) is 2.45. The Bertz CT molecular complexity index is 1240. The number of fused-ring (bicyclic) bond motifs is 2. The molecule has 0 unspecified atom stereocenters. The fourth-order valence-corrected chi connectivity index (χ4v) is 3.30. The van der Waals surface area contributed by atoms with E-state index in [4.69, 9.17) is 9.47 Å². The Labute approximate surface area is 169 Å². The van der Waals surface area contributed by atoms with Crippen LogP contribution in [0.15, 0.2) is 54.6 Å². The van der Waals surface area contributed by atoms with Crippen molar-refractivity contribution in [3.8, 4) is 22.9 Å². The van der Waals surface area contributed by atoms with Gasteiger partial charge >= 0.3 is 0 Å². The van der Waals surface area contributed by atoms with Crippen LogP contribution in [0.1, 0.15) is 10.4 Å². The third-order valence-electron chi connectivity index (χ3n) is 4.72. The predicted octanol–water partition coefficient (Wildman–Crippen LogP) is 4.53. The van der Waals surface area contributed by atoms with Gasteiger partial charge in [-0.05, 0) is 24.3 Å². The summed E-state index contributed by atoms with van der Waals surface area (Å²) >= 11 is 0. The van der Waals surface area contributed by atoms with Crippen LogP contribution in [0.4, 0.5) is 14.5 Å². The van der Waals surface area contributed by atoms with Gasteiger partial charge < -0.3 is 19.8 Å². The average molecular weight is 407 g/mol. The van der Waals surface area contributed by atoms with Crippen molar-refractivity contribution in [3.63, 3.8) is 0 Å². The molecule has 4 aromatic rings. The number of hydrogen-bond donors (Lipinski definition) is 2. The number of aromatic amines is 1. The molecule has 0 bridgehead atoms. The molecule has 1 aliphatic heterocycles. The highest BCUT2D eigenvalue weighted by Gasteiger charge is 2.16. The number of hydrogen-bond acceptors (Lipinski definition) is 4. The van der Waals surface area contributed by atoms with Crippen LogP contribution in [-0.4, -0.2) is 29.1 Å². The largest absolute Gasteiger partial charge is 0.486 e. The Hall–Kier alpha value is -3.94. The summed E-state index contributed by atoms with van der Waals surface area (Å²) in [6.07, 6.45) is 0. The highest BCUT2D eigenvalue weighted by Crippen LogP contribution is 2.35. The Morgan fingerprint density at radius 2 is 1.80 bits per heavy atom. The molecule has 1 aromatic heterocycles. The van der Waals surface area contributed by atoms with Crippen molar-refractivity contribution in [1.29, 1.82) is 0 Å². The number of nitrogens with one attached hydrogen (secondary N) is 2. The summed E-state index contributed by atoms with van der Waals surface area (Å²) < 4.78 is 38.1. The number of imidazole rings is 1. The summed E-state index contributed by atoms with van der Waals surface area (Å²) in [5, 5.41) is 2.62. The van der Waals surface area contributed by atoms with Gasteiger partial charge in [0.05, 0.1) is 16.6 Å². The van der Waals surface area contributed by atoms with Gasteiger partial charge in [0.25, 0.3) is 5.91 Å². The molecule has 0 spiro atoms. The van der Waals surface area contributed by atoms with Crippen LogP contribution in [-0.2, 0) is 0 Å². The summed E-state index contributed by atoms with van der Waals surface area (Å²) in [6, 6.07) is 13.4. The lowest BCUT2D eigenvalue weighted by atomic mass is 10.1. The van der Waals surface area contributed by atoms with Crippen LogP contribution in [0.5, 0.6) is 11.5 Å². The molecule has 0 fully saturated rings. The quantitative estimate of drug-likeness (QED) is 0.523. The normalized spacial score (nSPS) is 12.7. The number of carbonyl (C=O) groups is 1. The third kappa shape index (κ3) is 3.32. The van der Waals surface area contributed by atoms with Crippen molar-refractivity contribution >= 4 is 22.6 Å². The Kier molecular flexibility index (Phi) is 4.31. The lowest BCUT2D eigenvalue weighted by Crippen LogP contribution is -2.15. The number of halogens is 2. The van der Waals surface area contributed by atoms with Crippen molar-refractivity contribution in [2.75, 3.05) is 18.5 Å². The SMILES string of the molecule is O=C(Nc1cccc(-c2nc3cc4c(cc3[nH]2)OCCO4)c1)c1ccc(F)cc1F. The first kappa shape index (κ1) is 18.1. The molecule has 0 aliphatic carbocycles. The van der Waals surface area contributed by atoms with E-state index in [1.807, 2.05) is 18.2 Å². The van der Waals surface area contributed by atoms with Crippen LogP contribution in [0, 0.1) is 11.6 Å². The van der Waals surface area contributed by atoms with E-state index in [1.54, 1.807) is 18.2 Å². The van der Waals surface area contributed by atoms with Gasteiger partial charge in [0.15, 0.2) is 11.5 Å². The monoisotopic (exact) mass is 407 g/mol. The average Bonchev–Trinajstić information content (AvgIpc) is 3.15. The molecule has 0 saturated carbocycles. The van der Waals surface area contributed by atoms with Crippen molar-refractivity contribution in [2.45, 2.75) is 0 Å². The first-order chi connectivity index (χ1) is 14.6. The van der Waals surface area contributed by atoms with Crippen molar-refractivity contribution in [2.24, 2.45) is 0 Å². The minimum absolute atomic E-state index is 0.240. The molecule has 2 heterocycles. The zero-order chi connectivity index (χ0) is 20.7. The fraction of sp³-hybridized carbons (Fsp3) is 0.0909. The van der Waals surface area contributed by atoms with Gasteiger partial charge in [-0.3, -0.25) is 4.79 Å². The maximum Gasteiger partial charge on any atom is 0.258 e. The van der Waals surface area contributed by atoms with Crippen molar-refractivity contribution in [1.82, 2.24) is 9.97 Å².